The minimum atomic E-state index is -0.0273. The Kier molecular flexibility index (Phi) is 5.07. The number of nitrogens with one attached hydrogen (secondary N) is 1. The van der Waals surface area contributed by atoms with E-state index in [1.54, 1.807) is 12.5 Å². The van der Waals surface area contributed by atoms with Crippen LogP contribution in [0.3, 0.4) is 0 Å². The largest absolute Gasteiger partial charge is 0.372 e. The molecule has 124 valence electrons. The minimum Gasteiger partial charge on any atom is -0.372 e. The van der Waals surface area contributed by atoms with Gasteiger partial charge in [0.25, 0.3) is 5.91 Å². The van der Waals surface area contributed by atoms with Crippen molar-refractivity contribution in [3.8, 4) is 0 Å². The Labute approximate surface area is 139 Å². The molecule has 23 heavy (non-hydrogen) atoms. The monoisotopic (exact) mass is 334 g/mol. The van der Waals surface area contributed by atoms with Crippen molar-refractivity contribution >= 4 is 17.2 Å². The standard InChI is InChI=1S/C16H22N4O2S/c1-3-4-15-18-9-14(23-15)16(21)19-11-5-6-22-13(7-11)12-8-17-10-20(12)2/h8-11,13H,3-7H2,1-2H3,(H,19,21)/t11-,13+/m1/s1. The Balaban J connectivity index is 1.60. The Morgan fingerprint density at radius 1 is 1.52 bits per heavy atom. The molecule has 0 spiro atoms. The van der Waals surface area contributed by atoms with Crippen LogP contribution in [0.2, 0.25) is 0 Å². The number of thiazole rings is 1. The number of rotatable bonds is 5. The topological polar surface area (TPSA) is 69.0 Å². The molecule has 2 aromatic heterocycles. The maximum Gasteiger partial charge on any atom is 0.263 e. The van der Waals surface area contributed by atoms with Crippen LogP contribution in [0.1, 0.15) is 52.7 Å². The minimum absolute atomic E-state index is 0.0151. The molecule has 0 unspecified atom stereocenters. The molecule has 1 aliphatic heterocycles. The van der Waals surface area contributed by atoms with Crippen LogP contribution in [0.25, 0.3) is 0 Å². The molecular formula is C16H22N4O2S. The first-order valence-electron chi connectivity index (χ1n) is 8.00. The van der Waals surface area contributed by atoms with Crippen molar-refractivity contribution in [2.24, 2.45) is 7.05 Å². The molecule has 0 radical (unpaired) electrons. The highest BCUT2D eigenvalue weighted by atomic mass is 32.1. The van der Waals surface area contributed by atoms with Crippen molar-refractivity contribution in [1.29, 1.82) is 0 Å². The molecule has 0 aromatic carbocycles. The quantitative estimate of drug-likeness (QED) is 0.912. The maximum absolute atomic E-state index is 12.4. The van der Waals surface area contributed by atoms with Crippen LogP contribution in [0, 0.1) is 0 Å². The van der Waals surface area contributed by atoms with Gasteiger partial charge in [0, 0.05) is 19.7 Å². The molecule has 1 saturated heterocycles. The summed E-state index contributed by atoms with van der Waals surface area (Å²) in [5.41, 5.74) is 1.05. The molecule has 0 saturated carbocycles. The molecule has 6 nitrogen and oxygen atoms in total. The van der Waals surface area contributed by atoms with Gasteiger partial charge in [0.15, 0.2) is 0 Å². The summed E-state index contributed by atoms with van der Waals surface area (Å²) in [6.07, 6.45) is 8.84. The normalized spacial score (nSPS) is 21.3. The van der Waals surface area contributed by atoms with E-state index in [0.717, 1.165) is 36.4 Å². The van der Waals surface area contributed by atoms with E-state index in [-0.39, 0.29) is 18.1 Å². The lowest BCUT2D eigenvalue weighted by atomic mass is 10.0. The van der Waals surface area contributed by atoms with Gasteiger partial charge in [-0.1, -0.05) is 6.92 Å². The number of hydrogen-bond acceptors (Lipinski definition) is 5. The summed E-state index contributed by atoms with van der Waals surface area (Å²) in [4.78, 5) is 21.5. The van der Waals surface area contributed by atoms with Gasteiger partial charge in [0.2, 0.25) is 0 Å². The molecule has 2 aromatic rings. The molecular weight excluding hydrogens is 312 g/mol. The fraction of sp³-hybridized carbons (Fsp3) is 0.562. The molecule has 0 bridgehead atoms. The van der Waals surface area contributed by atoms with Gasteiger partial charge in [-0.3, -0.25) is 4.79 Å². The van der Waals surface area contributed by atoms with Gasteiger partial charge in [-0.2, -0.15) is 0 Å². The van der Waals surface area contributed by atoms with E-state index < -0.39 is 0 Å². The van der Waals surface area contributed by atoms with Crippen molar-refractivity contribution in [3.63, 3.8) is 0 Å². The number of imidazole rings is 1. The Bertz CT molecular complexity index is 667. The fourth-order valence-corrected chi connectivity index (χ4v) is 3.74. The fourth-order valence-electron chi connectivity index (χ4n) is 2.81. The summed E-state index contributed by atoms with van der Waals surface area (Å²) >= 11 is 1.49. The van der Waals surface area contributed by atoms with E-state index in [9.17, 15) is 4.79 Å². The van der Waals surface area contributed by atoms with E-state index in [1.807, 2.05) is 17.8 Å². The van der Waals surface area contributed by atoms with E-state index in [1.165, 1.54) is 11.3 Å². The first kappa shape index (κ1) is 16.1. The predicted octanol–water partition coefficient (Wildman–Crippen LogP) is 2.48. The second kappa shape index (κ2) is 7.23. The zero-order valence-electron chi connectivity index (χ0n) is 13.5. The van der Waals surface area contributed by atoms with Crippen molar-refractivity contribution in [3.05, 3.63) is 34.3 Å². The van der Waals surface area contributed by atoms with E-state index in [4.69, 9.17) is 4.74 Å². The van der Waals surface area contributed by atoms with E-state index >= 15 is 0 Å². The Morgan fingerprint density at radius 2 is 2.39 bits per heavy atom. The number of hydrogen-bond donors (Lipinski definition) is 1. The molecule has 1 aliphatic rings. The number of carbonyl (C=O) groups is 1. The second-order valence-electron chi connectivity index (χ2n) is 5.85. The average molecular weight is 334 g/mol. The first-order chi connectivity index (χ1) is 11.2. The van der Waals surface area contributed by atoms with E-state index in [2.05, 4.69) is 22.2 Å². The summed E-state index contributed by atoms with van der Waals surface area (Å²) in [5, 5.41) is 4.15. The van der Waals surface area contributed by atoms with Crippen LogP contribution in [0.4, 0.5) is 0 Å². The van der Waals surface area contributed by atoms with Crippen LogP contribution in [0.5, 0.6) is 0 Å². The Morgan fingerprint density at radius 3 is 3.13 bits per heavy atom. The summed E-state index contributed by atoms with van der Waals surface area (Å²) in [5.74, 6) is -0.0273. The van der Waals surface area contributed by atoms with Crippen LogP contribution in [-0.4, -0.2) is 33.1 Å². The lowest BCUT2D eigenvalue weighted by Crippen LogP contribution is -2.39. The van der Waals surface area contributed by atoms with Crippen LogP contribution < -0.4 is 5.32 Å². The highest BCUT2D eigenvalue weighted by molar-refractivity contribution is 7.13. The van der Waals surface area contributed by atoms with Crippen molar-refractivity contribution in [2.75, 3.05) is 6.61 Å². The Hall–Kier alpha value is -1.73. The van der Waals surface area contributed by atoms with Crippen LogP contribution in [-0.2, 0) is 18.2 Å². The van der Waals surface area contributed by atoms with Gasteiger partial charge in [0.05, 0.1) is 29.4 Å². The molecule has 1 N–H and O–H groups in total. The third-order valence-electron chi connectivity index (χ3n) is 4.04. The maximum atomic E-state index is 12.4. The average Bonchev–Trinajstić information content (AvgIpc) is 3.17. The third-order valence-corrected chi connectivity index (χ3v) is 5.10. The van der Waals surface area contributed by atoms with Crippen molar-refractivity contribution in [2.45, 2.75) is 44.8 Å². The molecule has 1 amide bonds. The SMILES string of the molecule is CCCc1ncc(C(=O)N[C@@H]2CCO[C@H](c3cncn3C)C2)s1. The van der Waals surface area contributed by atoms with Crippen molar-refractivity contribution < 1.29 is 9.53 Å². The molecule has 0 aliphatic carbocycles. The lowest BCUT2D eigenvalue weighted by molar-refractivity contribution is -0.00298. The molecule has 1 fully saturated rings. The smallest absolute Gasteiger partial charge is 0.263 e. The third kappa shape index (κ3) is 3.79. The molecule has 3 heterocycles. The van der Waals surface area contributed by atoms with Gasteiger partial charge in [-0.05, 0) is 25.7 Å². The van der Waals surface area contributed by atoms with Gasteiger partial charge >= 0.3 is 0 Å². The van der Waals surface area contributed by atoms with E-state index in [0.29, 0.717) is 11.5 Å². The number of aryl methyl sites for hydroxylation is 2. The number of ether oxygens (including phenoxy) is 1. The summed E-state index contributed by atoms with van der Waals surface area (Å²) in [7, 11) is 1.96. The highest BCUT2D eigenvalue weighted by Crippen LogP contribution is 2.28. The second-order valence-corrected chi connectivity index (χ2v) is 6.97. The van der Waals surface area contributed by atoms with Gasteiger partial charge in [-0.15, -0.1) is 11.3 Å². The number of aromatic nitrogens is 3. The molecule has 3 rings (SSSR count). The zero-order chi connectivity index (χ0) is 16.2. The summed E-state index contributed by atoms with van der Waals surface area (Å²) in [6.45, 7) is 2.76. The van der Waals surface area contributed by atoms with Gasteiger partial charge in [-0.25, -0.2) is 9.97 Å². The van der Waals surface area contributed by atoms with Crippen LogP contribution in [0.15, 0.2) is 18.7 Å². The van der Waals surface area contributed by atoms with Crippen molar-refractivity contribution in [1.82, 2.24) is 19.9 Å². The predicted molar refractivity (Wildman–Crippen MR) is 88.5 cm³/mol. The first-order valence-corrected chi connectivity index (χ1v) is 8.82. The van der Waals surface area contributed by atoms with Gasteiger partial charge < -0.3 is 14.6 Å². The van der Waals surface area contributed by atoms with Gasteiger partial charge in [0.1, 0.15) is 11.0 Å². The zero-order valence-corrected chi connectivity index (χ0v) is 14.3. The molecule has 2 atom stereocenters. The van der Waals surface area contributed by atoms with Crippen LogP contribution >= 0.6 is 11.3 Å². The molecule has 7 heteroatoms. The lowest BCUT2D eigenvalue weighted by Gasteiger charge is -2.30. The summed E-state index contributed by atoms with van der Waals surface area (Å²) < 4.78 is 7.80. The number of amides is 1. The number of carbonyl (C=O) groups excluding carboxylic acids is 1. The highest BCUT2D eigenvalue weighted by Gasteiger charge is 2.27. The summed E-state index contributed by atoms with van der Waals surface area (Å²) in [6, 6.07) is 0.118. The number of nitrogens with zero attached hydrogens (tertiary/aromatic N) is 3.